The molecule has 94 valence electrons. The summed E-state index contributed by atoms with van der Waals surface area (Å²) in [4.78, 5) is 4.30. The van der Waals surface area contributed by atoms with Gasteiger partial charge in [-0.1, -0.05) is 25.1 Å². The molecule has 0 saturated heterocycles. The highest BCUT2D eigenvalue weighted by Crippen LogP contribution is 2.27. The molecule has 0 aliphatic carbocycles. The minimum absolute atomic E-state index is 0.669. The lowest BCUT2D eigenvalue weighted by Gasteiger charge is -2.11. The molecule has 0 bridgehead atoms. The Hall–Kier alpha value is -1.14. The number of nitrogens with zero attached hydrogens (tertiary/aromatic N) is 1. The number of ether oxygens (including phenoxy) is 1. The second-order valence-corrected chi connectivity index (χ2v) is 4.94. The van der Waals surface area contributed by atoms with Crippen LogP contribution in [0.3, 0.4) is 0 Å². The van der Waals surface area contributed by atoms with Gasteiger partial charge in [-0.25, -0.2) is 4.98 Å². The van der Waals surface area contributed by atoms with Crippen LogP contribution in [0.2, 0.25) is 0 Å². The van der Waals surface area contributed by atoms with Gasteiger partial charge in [-0.05, 0) is 47.3 Å². The third-order valence-corrected chi connectivity index (χ3v) is 3.35. The first-order chi connectivity index (χ1) is 8.81. The predicted molar refractivity (Wildman–Crippen MR) is 80.9 cm³/mol. The first-order valence-electron chi connectivity index (χ1n) is 5.88. The van der Waals surface area contributed by atoms with Gasteiger partial charge < -0.3 is 10.1 Å². The highest BCUT2D eigenvalue weighted by molar-refractivity contribution is 14.1. The van der Waals surface area contributed by atoms with Crippen LogP contribution in [0.4, 0.5) is 0 Å². The van der Waals surface area contributed by atoms with Crippen molar-refractivity contribution in [2.24, 2.45) is 0 Å². The van der Waals surface area contributed by atoms with E-state index < -0.39 is 0 Å². The predicted octanol–water partition coefficient (Wildman–Crippen LogP) is 3.59. The maximum atomic E-state index is 5.88. The molecule has 1 aromatic carbocycles. The van der Waals surface area contributed by atoms with Crippen molar-refractivity contribution < 1.29 is 4.74 Å². The van der Waals surface area contributed by atoms with Gasteiger partial charge in [0.2, 0.25) is 5.88 Å². The Labute approximate surface area is 121 Å². The summed E-state index contributed by atoms with van der Waals surface area (Å²) >= 11 is 2.26. The number of halogens is 1. The minimum Gasteiger partial charge on any atom is -0.438 e. The largest absolute Gasteiger partial charge is 0.438 e. The molecule has 18 heavy (non-hydrogen) atoms. The molecular formula is C14H15IN2O. The molecule has 1 aromatic heterocycles. The van der Waals surface area contributed by atoms with E-state index >= 15 is 0 Å². The molecule has 2 rings (SSSR count). The van der Waals surface area contributed by atoms with E-state index in [4.69, 9.17) is 4.74 Å². The van der Waals surface area contributed by atoms with Gasteiger partial charge in [-0.2, -0.15) is 0 Å². The van der Waals surface area contributed by atoms with Gasteiger partial charge in [0, 0.05) is 18.3 Å². The van der Waals surface area contributed by atoms with Gasteiger partial charge in [0.15, 0.2) is 0 Å². The Kier molecular flexibility index (Phi) is 4.95. The van der Waals surface area contributed by atoms with Crippen LogP contribution in [-0.2, 0) is 6.54 Å². The van der Waals surface area contributed by atoms with Gasteiger partial charge in [-0.3, -0.25) is 0 Å². The number of para-hydroxylation sites is 1. The quantitative estimate of drug-likeness (QED) is 0.834. The van der Waals surface area contributed by atoms with Crippen LogP contribution in [0.25, 0.3) is 0 Å². The molecule has 3 nitrogen and oxygen atoms in total. The van der Waals surface area contributed by atoms with E-state index in [-0.39, 0.29) is 0 Å². The summed E-state index contributed by atoms with van der Waals surface area (Å²) < 4.78 is 6.96. The molecule has 0 unspecified atom stereocenters. The molecule has 0 radical (unpaired) electrons. The first kappa shape index (κ1) is 13.3. The SMILES string of the molecule is CCNCc1cccnc1Oc1ccccc1I. The minimum atomic E-state index is 0.669. The topological polar surface area (TPSA) is 34.2 Å². The van der Waals surface area contributed by atoms with Crippen molar-refractivity contribution in [1.82, 2.24) is 10.3 Å². The van der Waals surface area contributed by atoms with Crippen molar-refractivity contribution >= 4 is 22.6 Å². The van der Waals surface area contributed by atoms with E-state index in [1.165, 1.54) is 0 Å². The molecule has 0 fully saturated rings. The maximum absolute atomic E-state index is 5.88. The molecule has 0 atom stereocenters. The van der Waals surface area contributed by atoms with Crippen molar-refractivity contribution in [1.29, 1.82) is 0 Å². The average Bonchev–Trinajstić information content (AvgIpc) is 2.40. The highest BCUT2D eigenvalue weighted by Gasteiger charge is 2.07. The van der Waals surface area contributed by atoms with E-state index in [2.05, 4.69) is 39.8 Å². The lowest BCUT2D eigenvalue weighted by Crippen LogP contribution is -2.12. The lowest BCUT2D eigenvalue weighted by molar-refractivity contribution is 0.450. The fraction of sp³-hybridized carbons (Fsp3) is 0.214. The second kappa shape index (κ2) is 6.70. The van der Waals surface area contributed by atoms with Crippen molar-refractivity contribution in [3.8, 4) is 11.6 Å². The third kappa shape index (κ3) is 3.43. The van der Waals surface area contributed by atoms with Crippen LogP contribution < -0.4 is 10.1 Å². The Morgan fingerprint density at radius 3 is 2.83 bits per heavy atom. The third-order valence-electron chi connectivity index (χ3n) is 2.46. The van der Waals surface area contributed by atoms with Crippen molar-refractivity contribution in [2.75, 3.05) is 6.54 Å². The number of pyridine rings is 1. The summed E-state index contributed by atoms with van der Waals surface area (Å²) in [7, 11) is 0. The first-order valence-corrected chi connectivity index (χ1v) is 6.96. The Bertz CT molecular complexity index is 517. The molecule has 0 aliphatic heterocycles. The fourth-order valence-electron chi connectivity index (χ4n) is 1.54. The zero-order valence-corrected chi connectivity index (χ0v) is 12.3. The molecular weight excluding hydrogens is 339 g/mol. The monoisotopic (exact) mass is 354 g/mol. The van der Waals surface area contributed by atoms with Crippen LogP contribution in [0.5, 0.6) is 11.6 Å². The molecule has 0 spiro atoms. The number of hydrogen-bond acceptors (Lipinski definition) is 3. The normalized spacial score (nSPS) is 10.3. The van der Waals surface area contributed by atoms with E-state index in [1.807, 2.05) is 36.4 Å². The van der Waals surface area contributed by atoms with Gasteiger partial charge >= 0.3 is 0 Å². The Morgan fingerprint density at radius 1 is 1.22 bits per heavy atom. The molecule has 1 heterocycles. The molecule has 0 saturated carbocycles. The van der Waals surface area contributed by atoms with Crippen LogP contribution in [0.15, 0.2) is 42.6 Å². The number of nitrogens with one attached hydrogen (secondary N) is 1. The summed E-state index contributed by atoms with van der Waals surface area (Å²) in [6.07, 6.45) is 1.75. The van der Waals surface area contributed by atoms with Crippen LogP contribution in [-0.4, -0.2) is 11.5 Å². The summed E-state index contributed by atoms with van der Waals surface area (Å²) in [5.41, 5.74) is 1.07. The maximum Gasteiger partial charge on any atom is 0.223 e. The van der Waals surface area contributed by atoms with E-state index in [9.17, 15) is 0 Å². The van der Waals surface area contributed by atoms with Crippen molar-refractivity contribution in [2.45, 2.75) is 13.5 Å². The van der Waals surface area contributed by atoms with E-state index in [1.54, 1.807) is 6.20 Å². The molecule has 1 N–H and O–H groups in total. The smallest absolute Gasteiger partial charge is 0.223 e. The van der Waals surface area contributed by atoms with E-state index in [0.29, 0.717) is 5.88 Å². The second-order valence-electron chi connectivity index (χ2n) is 3.78. The fourth-order valence-corrected chi connectivity index (χ4v) is 2.04. The number of benzene rings is 1. The lowest BCUT2D eigenvalue weighted by atomic mass is 10.2. The van der Waals surface area contributed by atoms with Gasteiger partial charge in [-0.15, -0.1) is 0 Å². The van der Waals surface area contributed by atoms with Crippen LogP contribution in [0, 0.1) is 3.57 Å². The molecule has 4 heteroatoms. The average molecular weight is 354 g/mol. The van der Waals surface area contributed by atoms with Crippen LogP contribution in [0.1, 0.15) is 12.5 Å². The molecule has 2 aromatic rings. The highest BCUT2D eigenvalue weighted by atomic mass is 127. The van der Waals surface area contributed by atoms with Gasteiger partial charge in [0.05, 0.1) is 3.57 Å². The van der Waals surface area contributed by atoms with Gasteiger partial charge in [0.25, 0.3) is 0 Å². The van der Waals surface area contributed by atoms with Gasteiger partial charge in [0.1, 0.15) is 5.75 Å². The summed E-state index contributed by atoms with van der Waals surface area (Å²) in [6, 6.07) is 11.9. The number of hydrogen-bond donors (Lipinski definition) is 1. The zero-order chi connectivity index (χ0) is 12.8. The number of rotatable bonds is 5. The Balaban J connectivity index is 2.21. The molecule has 0 amide bonds. The zero-order valence-electron chi connectivity index (χ0n) is 10.2. The summed E-state index contributed by atoms with van der Waals surface area (Å²) in [6.45, 7) is 3.78. The Morgan fingerprint density at radius 2 is 2.06 bits per heavy atom. The summed E-state index contributed by atoms with van der Waals surface area (Å²) in [5.74, 6) is 1.51. The van der Waals surface area contributed by atoms with Crippen molar-refractivity contribution in [3.63, 3.8) is 0 Å². The van der Waals surface area contributed by atoms with E-state index in [0.717, 1.165) is 28.0 Å². The standard InChI is InChI=1S/C14H15IN2O/c1-2-16-10-11-6-5-9-17-14(11)18-13-8-4-3-7-12(13)15/h3-9,16H,2,10H2,1H3. The van der Waals surface area contributed by atoms with Crippen LogP contribution >= 0.6 is 22.6 Å². The summed E-state index contributed by atoms with van der Waals surface area (Å²) in [5, 5.41) is 3.28. The molecule has 0 aliphatic rings. The van der Waals surface area contributed by atoms with Crippen molar-refractivity contribution in [3.05, 3.63) is 51.7 Å². The number of aromatic nitrogens is 1.